The van der Waals surface area contributed by atoms with Gasteiger partial charge in [-0.25, -0.2) is 0 Å². The van der Waals surface area contributed by atoms with Gasteiger partial charge in [0.25, 0.3) is 0 Å². The second-order valence-electron chi connectivity index (χ2n) is 6.23. The lowest BCUT2D eigenvalue weighted by Gasteiger charge is -2.11. The molecule has 0 aliphatic rings. The quantitative estimate of drug-likeness (QED) is 0.509. The molecular weight excluding hydrogens is 383 g/mol. The number of rotatable bonds is 3. The van der Waals surface area contributed by atoms with Crippen molar-refractivity contribution in [3.05, 3.63) is 65.7 Å². The first-order valence-corrected chi connectivity index (χ1v) is 8.44. The minimum absolute atomic E-state index is 0.293. The van der Waals surface area contributed by atoms with Crippen molar-refractivity contribution >= 4 is 5.65 Å². The molecule has 29 heavy (non-hydrogen) atoms. The van der Waals surface area contributed by atoms with Gasteiger partial charge >= 0.3 is 6.36 Å². The number of halogens is 3. The van der Waals surface area contributed by atoms with Gasteiger partial charge in [-0.2, -0.15) is 14.9 Å². The number of fused-ring (bicyclic) bond motifs is 1. The molecule has 0 N–H and O–H groups in total. The first-order valence-electron chi connectivity index (χ1n) is 8.44. The first-order chi connectivity index (χ1) is 13.8. The topological polar surface area (TPSA) is 76.1 Å². The van der Waals surface area contributed by atoms with Crippen molar-refractivity contribution in [3.8, 4) is 34.5 Å². The minimum atomic E-state index is -4.75. The maximum atomic E-state index is 12.4. The van der Waals surface area contributed by atoms with Gasteiger partial charge in [-0.3, -0.25) is 0 Å². The van der Waals surface area contributed by atoms with E-state index in [0.717, 1.165) is 0 Å². The average Bonchev–Trinajstić information content (AvgIpc) is 3.10. The molecule has 9 heteroatoms. The Bertz CT molecular complexity index is 1260. The third-order valence-corrected chi connectivity index (χ3v) is 4.22. The predicted molar refractivity (Wildman–Crippen MR) is 97.8 cm³/mol. The van der Waals surface area contributed by atoms with Crippen molar-refractivity contribution in [1.82, 2.24) is 19.8 Å². The molecule has 0 spiro atoms. The number of alkyl halides is 3. The third-order valence-electron chi connectivity index (χ3n) is 4.22. The van der Waals surface area contributed by atoms with E-state index in [-0.39, 0.29) is 5.75 Å². The normalized spacial score (nSPS) is 11.4. The summed E-state index contributed by atoms with van der Waals surface area (Å²) in [6.45, 7) is 1.67. The molecule has 0 radical (unpaired) electrons. The van der Waals surface area contributed by atoms with Crippen LogP contribution in [0.3, 0.4) is 0 Å². The molecule has 4 rings (SSSR count). The van der Waals surface area contributed by atoms with E-state index in [1.807, 2.05) is 0 Å². The molecule has 0 saturated heterocycles. The molecule has 0 aliphatic carbocycles. The number of nitrogens with zero attached hydrogens (tertiary/aromatic N) is 5. The summed E-state index contributed by atoms with van der Waals surface area (Å²) in [5.41, 5.74) is 3.40. The Labute approximate surface area is 162 Å². The van der Waals surface area contributed by atoms with Gasteiger partial charge in [0.05, 0.1) is 17.3 Å². The SMILES string of the molecule is Cc1cc(OC(F)(F)F)ccc1-c1ccc2nnc(-c3cccc(C#N)c3)n2n1. The van der Waals surface area contributed by atoms with Crippen LogP contribution in [0.15, 0.2) is 54.6 Å². The average molecular weight is 395 g/mol. The van der Waals surface area contributed by atoms with E-state index in [0.29, 0.717) is 39.4 Å². The zero-order chi connectivity index (χ0) is 20.6. The van der Waals surface area contributed by atoms with Crippen LogP contribution in [0.25, 0.3) is 28.3 Å². The molecule has 0 bridgehead atoms. The van der Waals surface area contributed by atoms with E-state index in [1.54, 1.807) is 43.3 Å². The Morgan fingerprint density at radius 3 is 2.59 bits per heavy atom. The highest BCUT2D eigenvalue weighted by Gasteiger charge is 2.31. The number of aryl methyl sites for hydroxylation is 1. The summed E-state index contributed by atoms with van der Waals surface area (Å²) >= 11 is 0. The van der Waals surface area contributed by atoms with Gasteiger partial charge in [-0.1, -0.05) is 12.1 Å². The van der Waals surface area contributed by atoms with Crippen LogP contribution >= 0.6 is 0 Å². The molecule has 0 amide bonds. The fourth-order valence-corrected chi connectivity index (χ4v) is 2.96. The molecule has 2 aromatic heterocycles. The number of aromatic nitrogens is 4. The van der Waals surface area contributed by atoms with Crippen molar-refractivity contribution in [2.24, 2.45) is 0 Å². The van der Waals surface area contributed by atoms with E-state index in [1.165, 1.54) is 22.7 Å². The summed E-state index contributed by atoms with van der Waals surface area (Å²) in [7, 11) is 0. The minimum Gasteiger partial charge on any atom is -0.406 e. The largest absolute Gasteiger partial charge is 0.573 e. The maximum absolute atomic E-state index is 12.4. The molecule has 6 nitrogen and oxygen atoms in total. The van der Waals surface area contributed by atoms with Gasteiger partial charge in [-0.15, -0.1) is 23.4 Å². The highest BCUT2D eigenvalue weighted by molar-refractivity contribution is 5.67. The Balaban J connectivity index is 1.77. The van der Waals surface area contributed by atoms with Gasteiger partial charge in [0.2, 0.25) is 0 Å². The number of ether oxygens (including phenoxy) is 1. The van der Waals surface area contributed by atoms with Crippen molar-refractivity contribution in [3.63, 3.8) is 0 Å². The monoisotopic (exact) mass is 395 g/mol. The van der Waals surface area contributed by atoms with E-state index < -0.39 is 6.36 Å². The van der Waals surface area contributed by atoms with Crippen LogP contribution in [0.2, 0.25) is 0 Å². The summed E-state index contributed by atoms with van der Waals surface area (Å²) in [5, 5.41) is 21.9. The van der Waals surface area contributed by atoms with Gasteiger partial charge in [0, 0.05) is 11.1 Å². The second-order valence-corrected chi connectivity index (χ2v) is 6.23. The Morgan fingerprint density at radius 1 is 1.03 bits per heavy atom. The standard InChI is InChI=1S/C20H12F3N5O/c1-12-9-15(29-20(21,22)23)5-6-16(12)17-7-8-18-25-26-19(28(18)27-17)14-4-2-3-13(10-14)11-24/h2-10H,1H3. The van der Waals surface area contributed by atoms with Crippen LogP contribution in [0.4, 0.5) is 13.2 Å². The molecule has 0 aliphatic heterocycles. The lowest BCUT2D eigenvalue weighted by atomic mass is 10.1. The molecule has 0 atom stereocenters. The van der Waals surface area contributed by atoms with Gasteiger partial charge in [0.1, 0.15) is 5.75 Å². The lowest BCUT2D eigenvalue weighted by Crippen LogP contribution is -2.17. The van der Waals surface area contributed by atoms with Crippen LogP contribution in [-0.2, 0) is 0 Å². The maximum Gasteiger partial charge on any atom is 0.573 e. The van der Waals surface area contributed by atoms with E-state index in [2.05, 4.69) is 26.1 Å². The zero-order valence-electron chi connectivity index (χ0n) is 15.0. The summed E-state index contributed by atoms with van der Waals surface area (Å²) in [5.74, 6) is 0.159. The molecule has 4 aromatic rings. The second kappa shape index (κ2) is 6.91. The van der Waals surface area contributed by atoms with Gasteiger partial charge in [-0.05, 0) is 55.0 Å². The van der Waals surface area contributed by atoms with E-state index in [4.69, 9.17) is 5.26 Å². The van der Waals surface area contributed by atoms with Crippen molar-refractivity contribution in [2.45, 2.75) is 13.3 Å². The molecule has 0 saturated carbocycles. The van der Waals surface area contributed by atoms with Crippen LogP contribution < -0.4 is 4.74 Å². The summed E-state index contributed by atoms with van der Waals surface area (Å²) in [4.78, 5) is 0. The molecule has 2 aromatic carbocycles. The number of nitriles is 1. The van der Waals surface area contributed by atoms with E-state index in [9.17, 15) is 13.2 Å². The molecule has 2 heterocycles. The van der Waals surface area contributed by atoms with Crippen LogP contribution in [-0.4, -0.2) is 26.2 Å². The summed E-state index contributed by atoms with van der Waals surface area (Å²) < 4.78 is 42.8. The van der Waals surface area contributed by atoms with Gasteiger partial charge in [0.15, 0.2) is 11.5 Å². The third kappa shape index (κ3) is 3.73. The smallest absolute Gasteiger partial charge is 0.406 e. The van der Waals surface area contributed by atoms with Crippen molar-refractivity contribution in [1.29, 1.82) is 5.26 Å². The molecule has 0 fully saturated rings. The summed E-state index contributed by atoms with van der Waals surface area (Å²) in [6.07, 6.45) is -4.75. The Morgan fingerprint density at radius 2 is 1.86 bits per heavy atom. The van der Waals surface area contributed by atoms with E-state index >= 15 is 0 Å². The predicted octanol–water partition coefficient (Wildman–Crippen LogP) is 4.54. The zero-order valence-corrected chi connectivity index (χ0v) is 15.0. The molecular formula is C20H12F3N5O. The van der Waals surface area contributed by atoms with Crippen LogP contribution in [0.5, 0.6) is 5.75 Å². The fraction of sp³-hybridized carbons (Fsp3) is 0.100. The van der Waals surface area contributed by atoms with Crippen LogP contribution in [0, 0.1) is 18.3 Å². The highest BCUT2D eigenvalue weighted by atomic mass is 19.4. The Kier molecular flexibility index (Phi) is 4.39. The summed E-state index contributed by atoms with van der Waals surface area (Å²) in [6, 6.07) is 16.5. The van der Waals surface area contributed by atoms with Crippen LogP contribution in [0.1, 0.15) is 11.1 Å². The van der Waals surface area contributed by atoms with Crippen molar-refractivity contribution < 1.29 is 17.9 Å². The number of hydrogen-bond acceptors (Lipinski definition) is 5. The Hall–Kier alpha value is -3.93. The fourth-order valence-electron chi connectivity index (χ4n) is 2.96. The molecule has 0 unspecified atom stereocenters. The van der Waals surface area contributed by atoms with Crippen molar-refractivity contribution in [2.75, 3.05) is 0 Å². The lowest BCUT2D eigenvalue weighted by molar-refractivity contribution is -0.274. The highest BCUT2D eigenvalue weighted by Crippen LogP contribution is 2.29. The van der Waals surface area contributed by atoms with Gasteiger partial charge < -0.3 is 4.74 Å². The number of hydrogen-bond donors (Lipinski definition) is 0. The number of benzene rings is 2. The molecule has 144 valence electrons. The first kappa shape index (κ1) is 18.4.